The molecule has 0 unspecified atom stereocenters. The number of unbranched alkanes of at least 4 members (excludes halogenated alkanes) is 1. The van der Waals surface area contributed by atoms with Crippen LogP contribution in [0.25, 0.3) is 11.1 Å². The van der Waals surface area contributed by atoms with Gasteiger partial charge in [-0.1, -0.05) is 31.5 Å². The highest BCUT2D eigenvalue weighted by Gasteiger charge is 2.22. The topological polar surface area (TPSA) is 106 Å². The van der Waals surface area contributed by atoms with E-state index in [4.69, 9.17) is 21.3 Å². The molecule has 35 heavy (non-hydrogen) atoms. The number of esters is 1. The van der Waals surface area contributed by atoms with Crippen molar-refractivity contribution in [3.8, 4) is 11.1 Å². The number of nitrogens with one attached hydrogen (secondary N) is 2. The van der Waals surface area contributed by atoms with Crippen LogP contribution in [0.5, 0.6) is 0 Å². The van der Waals surface area contributed by atoms with Gasteiger partial charge in [0.15, 0.2) is 0 Å². The minimum Gasteiger partial charge on any atom is -0.465 e. The first-order chi connectivity index (χ1) is 16.8. The summed E-state index contributed by atoms with van der Waals surface area (Å²) in [7, 11) is 1.40. The molecule has 0 radical (unpaired) electrons. The van der Waals surface area contributed by atoms with E-state index in [1.807, 2.05) is 43.3 Å². The molecule has 188 valence electrons. The van der Waals surface area contributed by atoms with Crippen LogP contribution in [-0.2, 0) is 11.3 Å². The van der Waals surface area contributed by atoms with Crippen molar-refractivity contribution in [1.29, 1.82) is 10.8 Å². The molecule has 7 heteroatoms. The lowest BCUT2D eigenvalue weighted by atomic mass is 9.95. The number of methoxy groups -OCH3 is 1. The maximum atomic E-state index is 12.5. The first-order valence-corrected chi connectivity index (χ1v) is 12.5. The maximum absolute atomic E-state index is 12.5. The van der Waals surface area contributed by atoms with Crippen LogP contribution in [0.15, 0.2) is 42.5 Å². The van der Waals surface area contributed by atoms with Gasteiger partial charge in [0, 0.05) is 31.7 Å². The van der Waals surface area contributed by atoms with Crippen molar-refractivity contribution < 1.29 is 9.53 Å². The average Bonchev–Trinajstić information content (AvgIpc) is 2.87. The first-order valence-electron chi connectivity index (χ1n) is 12.5. The largest absolute Gasteiger partial charge is 0.465 e. The van der Waals surface area contributed by atoms with Gasteiger partial charge in [-0.3, -0.25) is 15.7 Å². The van der Waals surface area contributed by atoms with Gasteiger partial charge in [0.05, 0.1) is 18.5 Å². The Morgan fingerprint density at radius 1 is 1.11 bits per heavy atom. The van der Waals surface area contributed by atoms with Gasteiger partial charge in [-0.2, -0.15) is 0 Å². The Kier molecular flexibility index (Phi) is 9.43. The molecule has 0 aromatic heterocycles. The number of carbonyl (C=O) groups is 1. The van der Waals surface area contributed by atoms with Gasteiger partial charge >= 0.3 is 5.97 Å². The van der Waals surface area contributed by atoms with E-state index in [0.29, 0.717) is 22.9 Å². The van der Waals surface area contributed by atoms with Gasteiger partial charge in [0.1, 0.15) is 5.84 Å². The smallest absolute Gasteiger partial charge is 0.337 e. The fraction of sp³-hybridized carbons (Fsp3) is 0.464. The van der Waals surface area contributed by atoms with Gasteiger partial charge in [-0.25, -0.2) is 4.79 Å². The van der Waals surface area contributed by atoms with Crippen LogP contribution in [0.1, 0.15) is 61.0 Å². The Morgan fingerprint density at radius 3 is 2.46 bits per heavy atom. The number of hydrogen-bond acceptors (Lipinski definition) is 5. The third-order valence-electron chi connectivity index (χ3n) is 6.76. The predicted octanol–water partition coefficient (Wildman–Crippen LogP) is 4.74. The van der Waals surface area contributed by atoms with E-state index in [-0.39, 0.29) is 11.8 Å². The van der Waals surface area contributed by atoms with E-state index in [1.165, 1.54) is 7.11 Å². The number of rotatable bonds is 10. The van der Waals surface area contributed by atoms with Gasteiger partial charge in [0.25, 0.3) is 0 Å². The highest BCUT2D eigenvalue weighted by Crippen LogP contribution is 2.26. The SMILES string of the molecule is CCCCN(Cc1cc(C(=O)OC)cc(-c2cccc(C(=N)N)c2)c1)CC1CCN(C(C)=N)CC1. The molecule has 0 bridgehead atoms. The van der Waals surface area contributed by atoms with Crippen LogP contribution in [0.4, 0.5) is 0 Å². The molecule has 1 aliphatic rings. The summed E-state index contributed by atoms with van der Waals surface area (Å²) in [6.45, 7) is 8.77. The lowest BCUT2D eigenvalue weighted by Gasteiger charge is -2.35. The molecule has 0 atom stereocenters. The quantitative estimate of drug-likeness (QED) is 0.260. The third kappa shape index (κ3) is 7.39. The predicted molar refractivity (Wildman–Crippen MR) is 142 cm³/mol. The second-order valence-electron chi connectivity index (χ2n) is 9.51. The minimum atomic E-state index is -0.356. The standard InChI is InChI=1S/C28H39N5O2/c1-4-5-11-32(18-21-9-12-33(13-10-21)20(2)29)19-22-14-25(17-26(15-22)28(34)35-3)23-7-6-8-24(16-23)27(30)31/h6-8,14-17,21,29H,4-5,9-13,18-19H2,1-3H3,(H3,30,31). The fourth-order valence-electron chi connectivity index (χ4n) is 4.74. The fourth-order valence-corrected chi connectivity index (χ4v) is 4.74. The number of amidine groups is 2. The number of likely N-dealkylation sites (tertiary alicyclic amines) is 1. The van der Waals surface area contributed by atoms with Crippen molar-refractivity contribution in [3.05, 3.63) is 59.2 Å². The number of piperidine rings is 1. The monoisotopic (exact) mass is 477 g/mol. The van der Waals surface area contributed by atoms with E-state index in [0.717, 1.165) is 75.1 Å². The number of ether oxygens (including phenoxy) is 1. The molecule has 3 rings (SSSR count). The molecule has 2 aromatic rings. The van der Waals surface area contributed by atoms with Crippen molar-refractivity contribution in [2.75, 3.05) is 33.3 Å². The first kappa shape index (κ1) is 26.4. The van der Waals surface area contributed by atoms with E-state index in [9.17, 15) is 4.79 Å². The summed E-state index contributed by atoms with van der Waals surface area (Å²) in [6, 6.07) is 13.5. The number of carbonyl (C=O) groups excluding carboxylic acids is 1. The van der Waals surface area contributed by atoms with Crippen LogP contribution in [-0.4, -0.2) is 60.7 Å². The summed E-state index contributed by atoms with van der Waals surface area (Å²) in [6.07, 6.45) is 4.46. The Balaban J connectivity index is 1.85. The molecule has 1 aliphatic heterocycles. The highest BCUT2D eigenvalue weighted by atomic mass is 16.5. The maximum Gasteiger partial charge on any atom is 0.337 e. The number of benzene rings is 2. The Bertz CT molecular complexity index is 1040. The Hall–Kier alpha value is -3.19. The number of nitrogens with two attached hydrogens (primary N) is 1. The summed E-state index contributed by atoms with van der Waals surface area (Å²) in [5.41, 5.74) is 9.79. The lowest BCUT2D eigenvalue weighted by molar-refractivity contribution is 0.0600. The molecule has 0 saturated carbocycles. The van der Waals surface area contributed by atoms with Crippen LogP contribution in [0.3, 0.4) is 0 Å². The molecule has 0 aliphatic carbocycles. The van der Waals surface area contributed by atoms with E-state index < -0.39 is 0 Å². The normalized spacial score (nSPS) is 14.2. The van der Waals surface area contributed by atoms with E-state index in [1.54, 1.807) is 0 Å². The highest BCUT2D eigenvalue weighted by molar-refractivity contribution is 5.96. The third-order valence-corrected chi connectivity index (χ3v) is 6.76. The van der Waals surface area contributed by atoms with E-state index >= 15 is 0 Å². The summed E-state index contributed by atoms with van der Waals surface area (Å²) < 4.78 is 5.04. The molecular weight excluding hydrogens is 438 g/mol. The lowest BCUT2D eigenvalue weighted by Crippen LogP contribution is -2.40. The van der Waals surface area contributed by atoms with Crippen LogP contribution in [0, 0.1) is 16.7 Å². The van der Waals surface area contributed by atoms with Gasteiger partial charge < -0.3 is 15.4 Å². The van der Waals surface area contributed by atoms with Gasteiger partial charge in [0.2, 0.25) is 0 Å². The zero-order valence-corrected chi connectivity index (χ0v) is 21.3. The van der Waals surface area contributed by atoms with Crippen LogP contribution < -0.4 is 5.73 Å². The molecule has 1 heterocycles. The zero-order chi connectivity index (χ0) is 25.4. The van der Waals surface area contributed by atoms with Crippen LogP contribution >= 0.6 is 0 Å². The molecule has 7 nitrogen and oxygen atoms in total. The molecular formula is C28H39N5O2. The molecule has 2 aromatic carbocycles. The molecule has 1 fully saturated rings. The summed E-state index contributed by atoms with van der Waals surface area (Å²) in [5, 5.41) is 15.7. The van der Waals surface area contributed by atoms with Crippen molar-refractivity contribution in [2.24, 2.45) is 11.7 Å². The molecule has 0 spiro atoms. The number of nitrogens with zero attached hydrogens (tertiary/aromatic N) is 2. The summed E-state index contributed by atoms with van der Waals surface area (Å²) >= 11 is 0. The van der Waals surface area contributed by atoms with Crippen molar-refractivity contribution in [2.45, 2.75) is 46.1 Å². The van der Waals surface area contributed by atoms with Gasteiger partial charge in [-0.05, 0) is 79.6 Å². The van der Waals surface area contributed by atoms with Crippen LogP contribution in [0.2, 0.25) is 0 Å². The van der Waals surface area contributed by atoms with Crippen molar-refractivity contribution >= 4 is 17.6 Å². The molecule has 4 N–H and O–H groups in total. The Morgan fingerprint density at radius 2 is 1.83 bits per heavy atom. The number of nitrogen functional groups attached to an aromatic ring is 1. The van der Waals surface area contributed by atoms with Crippen molar-refractivity contribution in [3.63, 3.8) is 0 Å². The summed E-state index contributed by atoms with van der Waals surface area (Å²) in [5.74, 6) is 0.932. The van der Waals surface area contributed by atoms with Crippen molar-refractivity contribution in [1.82, 2.24) is 9.80 Å². The second-order valence-corrected chi connectivity index (χ2v) is 9.51. The van der Waals surface area contributed by atoms with E-state index in [2.05, 4.69) is 22.8 Å². The summed E-state index contributed by atoms with van der Waals surface area (Å²) in [4.78, 5) is 17.1. The van der Waals surface area contributed by atoms with Gasteiger partial charge in [-0.15, -0.1) is 0 Å². The molecule has 0 amide bonds. The Labute approximate surface area is 209 Å². The minimum absolute atomic E-state index is 0.0196. The average molecular weight is 478 g/mol. The number of hydrogen-bond donors (Lipinski definition) is 3. The zero-order valence-electron chi connectivity index (χ0n) is 21.3. The molecule has 1 saturated heterocycles. The second kappa shape index (κ2) is 12.5.